The Morgan fingerprint density at radius 1 is 0.933 bits per heavy atom. The number of rotatable bonds is 16. The van der Waals surface area contributed by atoms with Crippen LogP contribution in [-0.2, 0) is 0 Å². The zero-order chi connectivity index (χ0) is 32.6. The number of benzene rings is 1. The van der Waals surface area contributed by atoms with Crippen molar-refractivity contribution in [1.29, 1.82) is 0 Å². The predicted octanol–water partition coefficient (Wildman–Crippen LogP) is 11.3. The molecule has 4 rings (SSSR count). The van der Waals surface area contributed by atoms with Crippen LogP contribution in [-0.4, -0.2) is 24.4 Å². The molecule has 6 atom stereocenters. The maximum absolute atomic E-state index is 12.8. The summed E-state index contributed by atoms with van der Waals surface area (Å²) >= 11 is 0. The van der Waals surface area contributed by atoms with E-state index in [1.165, 1.54) is 55.6 Å². The summed E-state index contributed by atoms with van der Waals surface area (Å²) in [6, 6.07) is 6.70. The number of alkyl halides is 3. The standard InChI is InChI=1S/C39H57F3N2O/c1-7-10-12-17-32(21-18-27(4)44(24-9-3)25-13-11-8-2)43-38(31-15-14-16-31)37-29(6)34-26-35(37)36(28(34)5)30-19-22-33(23-20-30)45-39(40,41)42/h12,17-23,28-29,34-37,43H,7-11,13-16,24-26H2,1-6H3/b17-12+,27-18+,32-21+. The van der Waals surface area contributed by atoms with Crippen LogP contribution in [0.5, 0.6) is 5.75 Å². The van der Waals surface area contributed by atoms with Gasteiger partial charge in [-0.25, -0.2) is 0 Å². The first-order valence-electron chi connectivity index (χ1n) is 17.7. The molecule has 3 aliphatic rings. The van der Waals surface area contributed by atoms with Gasteiger partial charge in [-0.2, -0.15) is 0 Å². The van der Waals surface area contributed by atoms with E-state index in [9.17, 15) is 13.2 Å². The van der Waals surface area contributed by atoms with Gasteiger partial charge in [-0.05, 0) is 117 Å². The van der Waals surface area contributed by atoms with E-state index in [4.69, 9.17) is 0 Å². The van der Waals surface area contributed by atoms with Crippen molar-refractivity contribution in [3.63, 3.8) is 0 Å². The molecule has 0 aromatic heterocycles. The largest absolute Gasteiger partial charge is 0.573 e. The van der Waals surface area contributed by atoms with Crippen LogP contribution in [0, 0.1) is 29.6 Å². The number of hydrogen-bond donors (Lipinski definition) is 1. The van der Waals surface area contributed by atoms with Gasteiger partial charge in [0.05, 0.1) is 0 Å². The molecular formula is C39H57F3N2O. The van der Waals surface area contributed by atoms with Crippen LogP contribution in [0.4, 0.5) is 13.2 Å². The van der Waals surface area contributed by atoms with Gasteiger partial charge in [-0.15, -0.1) is 13.2 Å². The van der Waals surface area contributed by atoms with Crippen molar-refractivity contribution >= 4 is 0 Å². The molecule has 1 aromatic rings. The Balaban J connectivity index is 1.61. The average molecular weight is 627 g/mol. The van der Waals surface area contributed by atoms with Crippen molar-refractivity contribution in [1.82, 2.24) is 10.2 Å². The highest BCUT2D eigenvalue weighted by atomic mass is 19.4. The number of allylic oxidation sites excluding steroid dienone is 7. The molecule has 6 unspecified atom stereocenters. The number of nitrogens with zero attached hydrogens (tertiary/aromatic N) is 1. The molecule has 0 radical (unpaired) electrons. The van der Waals surface area contributed by atoms with Crippen molar-refractivity contribution in [2.75, 3.05) is 13.1 Å². The molecule has 3 saturated carbocycles. The predicted molar refractivity (Wildman–Crippen MR) is 181 cm³/mol. The lowest BCUT2D eigenvalue weighted by Crippen LogP contribution is -2.37. The summed E-state index contributed by atoms with van der Waals surface area (Å²) in [4.78, 5) is 2.53. The normalized spacial score (nSPS) is 26.8. The van der Waals surface area contributed by atoms with Gasteiger partial charge in [-0.1, -0.05) is 77.7 Å². The van der Waals surface area contributed by atoms with Crippen molar-refractivity contribution < 1.29 is 17.9 Å². The van der Waals surface area contributed by atoms with Crippen LogP contribution in [0.3, 0.4) is 0 Å². The van der Waals surface area contributed by atoms with Crippen molar-refractivity contribution in [3.8, 4) is 5.75 Å². The van der Waals surface area contributed by atoms with Crippen LogP contribution in [0.25, 0.3) is 0 Å². The first kappa shape index (κ1) is 35.2. The molecule has 0 saturated heterocycles. The Labute approximate surface area is 271 Å². The fourth-order valence-electron chi connectivity index (χ4n) is 8.28. The van der Waals surface area contributed by atoms with Gasteiger partial charge < -0.3 is 15.0 Å². The third-order valence-electron chi connectivity index (χ3n) is 10.7. The molecular weight excluding hydrogens is 569 g/mol. The lowest BCUT2D eigenvalue weighted by atomic mass is 9.65. The van der Waals surface area contributed by atoms with E-state index in [0.29, 0.717) is 35.5 Å². The summed E-state index contributed by atoms with van der Waals surface area (Å²) in [6.07, 6.45) is 16.2. The van der Waals surface area contributed by atoms with Crippen molar-refractivity contribution in [2.24, 2.45) is 29.6 Å². The lowest BCUT2D eigenvalue weighted by Gasteiger charge is -2.42. The van der Waals surface area contributed by atoms with E-state index in [1.54, 1.807) is 5.57 Å². The Bertz CT molecular complexity index is 1210. The zero-order valence-corrected chi connectivity index (χ0v) is 28.6. The Morgan fingerprint density at radius 2 is 1.67 bits per heavy atom. The van der Waals surface area contributed by atoms with E-state index in [0.717, 1.165) is 56.5 Å². The molecule has 6 heteroatoms. The first-order valence-corrected chi connectivity index (χ1v) is 17.7. The third-order valence-corrected chi connectivity index (χ3v) is 10.7. The molecule has 0 amide bonds. The molecule has 45 heavy (non-hydrogen) atoms. The SMILES string of the molecule is CCC/C=C/C(=C\C=C(/C)N(CCC)CCCCC)NC(=C1CCC1)C1C(C)C2CC1C(c1ccc(OC(F)(F)F)cc1)C2C. The highest BCUT2D eigenvalue weighted by Gasteiger charge is 2.56. The summed E-state index contributed by atoms with van der Waals surface area (Å²) in [5, 5.41) is 4.02. The van der Waals surface area contributed by atoms with E-state index in [1.807, 2.05) is 12.1 Å². The second-order valence-electron chi connectivity index (χ2n) is 13.8. The number of unbranched alkanes of at least 4 members (excludes halogenated alkanes) is 3. The monoisotopic (exact) mass is 626 g/mol. The van der Waals surface area contributed by atoms with Crippen LogP contribution in [0.2, 0.25) is 0 Å². The summed E-state index contributed by atoms with van der Waals surface area (Å²) in [7, 11) is 0. The van der Waals surface area contributed by atoms with Crippen molar-refractivity contribution in [3.05, 3.63) is 76.8 Å². The number of halogens is 3. The molecule has 0 heterocycles. The second-order valence-corrected chi connectivity index (χ2v) is 13.8. The summed E-state index contributed by atoms with van der Waals surface area (Å²) < 4.78 is 42.6. The maximum Gasteiger partial charge on any atom is 0.573 e. The molecule has 0 spiro atoms. The number of nitrogens with one attached hydrogen (secondary N) is 1. The minimum Gasteiger partial charge on any atom is -0.406 e. The van der Waals surface area contributed by atoms with E-state index in [2.05, 4.69) is 80.8 Å². The minimum absolute atomic E-state index is 0.147. The lowest BCUT2D eigenvalue weighted by molar-refractivity contribution is -0.274. The van der Waals surface area contributed by atoms with Gasteiger partial charge in [0, 0.05) is 36.1 Å². The van der Waals surface area contributed by atoms with Crippen LogP contribution < -0.4 is 10.1 Å². The van der Waals surface area contributed by atoms with E-state index >= 15 is 0 Å². The van der Waals surface area contributed by atoms with Gasteiger partial charge in [0.25, 0.3) is 0 Å². The van der Waals surface area contributed by atoms with E-state index < -0.39 is 6.36 Å². The number of fused-ring (bicyclic) bond motifs is 2. The fraction of sp³-hybridized carbons (Fsp3) is 0.641. The van der Waals surface area contributed by atoms with Gasteiger partial charge in [-0.3, -0.25) is 0 Å². The number of ether oxygens (including phenoxy) is 1. The quantitative estimate of drug-likeness (QED) is 0.146. The third kappa shape index (κ3) is 9.01. The Kier molecular flexibility index (Phi) is 12.7. The van der Waals surface area contributed by atoms with Gasteiger partial charge in [0.2, 0.25) is 0 Å². The molecule has 250 valence electrons. The zero-order valence-electron chi connectivity index (χ0n) is 28.6. The Morgan fingerprint density at radius 3 is 2.24 bits per heavy atom. The Hall–Kier alpha value is -2.63. The highest BCUT2D eigenvalue weighted by Crippen LogP contribution is 2.63. The van der Waals surface area contributed by atoms with Gasteiger partial charge >= 0.3 is 6.36 Å². The molecule has 2 bridgehead atoms. The second kappa shape index (κ2) is 16.3. The summed E-state index contributed by atoms with van der Waals surface area (Å²) in [6.45, 7) is 15.9. The maximum atomic E-state index is 12.8. The summed E-state index contributed by atoms with van der Waals surface area (Å²) in [5.74, 6) is 2.70. The van der Waals surface area contributed by atoms with Crippen LogP contribution in [0.1, 0.15) is 117 Å². The minimum atomic E-state index is -4.68. The molecule has 3 nitrogen and oxygen atoms in total. The van der Waals surface area contributed by atoms with Crippen LogP contribution in [0.15, 0.2) is 71.2 Å². The molecule has 0 aliphatic heterocycles. The van der Waals surface area contributed by atoms with Crippen LogP contribution >= 0.6 is 0 Å². The molecule has 1 aromatic carbocycles. The molecule has 3 fully saturated rings. The smallest absolute Gasteiger partial charge is 0.406 e. The average Bonchev–Trinajstić information content (AvgIpc) is 3.47. The first-order chi connectivity index (χ1) is 21.6. The van der Waals surface area contributed by atoms with Gasteiger partial charge in [0.15, 0.2) is 0 Å². The topological polar surface area (TPSA) is 24.5 Å². The highest BCUT2D eigenvalue weighted by molar-refractivity contribution is 5.37. The van der Waals surface area contributed by atoms with Crippen molar-refractivity contribution in [2.45, 2.75) is 118 Å². The summed E-state index contributed by atoms with van der Waals surface area (Å²) in [5.41, 5.74) is 6.57. The van der Waals surface area contributed by atoms with E-state index in [-0.39, 0.29) is 5.75 Å². The fourth-order valence-corrected chi connectivity index (χ4v) is 8.28. The van der Waals surface area contributed by atoms with Gasteiger partial charge in [0.1, 0.15) is 5.75 Å². The molecule has 1 N–H and O–H groups in total. The number of hydrogen-bond acceptors (Lipinski definition) is 3. The molecule has 3 aliphatic carbocycles.